The topological polar surface area (TPSA) is 93.1 Å². The van der Waals surface area contributed by atoms with Gasteiger partial charge < -0.3 is 19.7 Å². The minimum absolute atomic E-state index is 0.0927. The minimum atomic E-state index is -0.732. The van der Waals surface area contributed by atoms with E-state index < -0.39 is 11.9 Å². The van der Waals surface area contributed by atoms with Gasteiger partial charge in [-0.15, -0.1) is 0 Å². The summed E-state index contributed by atoms with van der Waals surface area (Å²) in [7, 11) is 0. The maximum atomic E-state index is 11.4. The molecule has 0 heterocycles. The molecule has 0 fully saturated rings. The normalized spacial score (nSPS) is 10.9. The van der Waals surface area contributed by atoms with E-state index in [2.05, 4.69) is 4.74 Å². The zero-order chi connectivity index (χ0) is 14.8. The second-order valence-corrected chi connectivity index (χ2v) is 3.76. The summed E-state index contributed by atoms with van der Waals surface area (Å²) in [6, 6.07) is 8.54. The Morgan fingerprint density at radius 1 is 1.10 bits per heavy atom. The van der Waals surface area contributed by atoms with E-state index in [9.17, 15) is 14.7 Å². The van der Waals surface area contributed by atoms with Gasteiger partial charge in [-0.05, 0) is 0 Å². The van der Waals surface area contributed by atoms with Gasteiger partial charge >= 0.3 is 11.9 Å². The molecule has 0 aliphatic rings. The van der Waals surface area contributed by atoms with Crippen molar-refractivity contribution in [2.24, 2.45) is 0 Å². The Hall–Kier alpha value is -2.34. The third kappa shape index (κ3) is 6.01. The molecule has 20 heavy (non-hydrogen) atoms. The van der Waals surface area contributed by atoms with Crippen LogP contribution in [0.4, 0.5) is 0 Å². The fourth-order valence-corrected chi connectivity index (χ4v) is 1.31. The zero-order valence-electron chi connectivity index (χ0n) is 10.8. The van der Waals surface area contributed by atoms with Gasteiger partial charge in [-0.25, -0.2) is 4.79 Å². The summed E-state index contributed by atoms with van der Waals surface area (Å²) in [5, 5.41) is 18.1. The second-order valence-electron chi connectivity index (χ2n) is 3.76. The molecule has 0 spiro atoms. The fraction of sp³-hybridized carbons (Fsp3) is 0.286. The largest absolute Gasteiger partial charge is 0.507 e. The van der Waals surface area contributed by atoms with Crippen LogP contribution in [0.3, 0.4) is 0 Å². The van der Waals surface area contributed by atoms with Crippen LogP contribution in [0.15, 0.2) is 36.4 Å². The Labute approximate surface area is 116 Å². The molecule has 0 saturated heterocycles. The van der Waals surface area contributed by atoms with E-state index in [0.717, 1.165) is 6.08 Å². The average Bonchev–Trinajstić information content (AvgIpc) is 2.45. The predicted octanol–water partition coefficient (Wildman–Crippen LogP) is 1.05. The SMILES string of the molecule is O=C(/C=C(\O)c1ccccc1)OCCOC(=O)CCO. The number of hydrogen-bond acceptors (Lipinski definition) is 6. The maximum absolute atomic E-state index is 11.4. The van der Waals surface area contributed by atoms with Gasteiger partial charge in [0.15, 0.2) is 0 Å². The van der Waals surface area contributed by atoms with Gasteiger partial charge in [0.25, 0.3) is 0 Å². The number of hydrogen-bond donors (Lipinski definition) is 2. The lowest BCUT2D eigenvalue weighted by Gasteiger charge is -2.04. The molecule has 0 amide bonds. The number of benzene rings is 1. The van der Waals surface area contributed by atoms with Crippen LogP contribution >= 0.6 is 0 Å². The Kier molecular flexibility index (Phi) is 6.84. The Balaban J connectivity index is 2.31. The number of aliphatic hydroxyl groups is 2. The van der Waals surface area contributed by atoms with Crippen LogP contribution in [0.2, 0.25) is 0 Å². The molecule has 1 rings (SSSR count). The number of ether oxygens (including phenoxy) is 2. The molecule has 0 bridgehead atoms. The molecular formula is C14H16O6. The molecule has 0 radical (unpaired) electrons. The molecule has 1 aromatic carbocycles. The first-order valence-electron chi connectivity index (χ1n) is 6.03. The van der Waals surface area contributed by atoms with E-state index in [1.165, 1.54) is 0 Å². The molecule has 0 aromatic heterocycles. The summed E-state index contributed by atoms with van der Waals surface area (Å²) in [5.74, 6) is -1.50. The van der Waals surface area contributed by atoms with Crippen molar-refractivity contribution in [2.75, 3.05) is 19.8 Å². The molecule has 108 valence electrons. The van der Waals surface area contributed by atoms with Crippen molar-refractivity contribution < 1.29 is 29.3 Å². The molecule has 0 unspecified atom stereocenters. The van der Waals surface area contributed by atoms with Crippen molar-refractivity contribution in [3.05, 3.63) is 42.0 Å². The second kappa shape index (κ2) is 8.71. The average molecular weight is 280 g/mol. The van der Waals surface area contributed by atoms with Crippen LogP contribution in [0, 0.1) is 0 Å². The lowest BCUT2D eigenvalue weighted by atomic mass is 10.2. The Morgan fingerprint density at radius 2 is 1.75 bits per heavy atom. The van der Waals surface area contributed by atoms with E-state index in [-0.39, 0.29) is 32.0 Å². The Morgan fingerprint density at radius 3 is 2.40 bits per heavy atom. The van der Waals surface area contributed by atoms with Crippen molar-refractivity contribution >= 4 is 17.7 Å². The summed E-state index contributed by atoms with van der Waals surface area (Å²) in [5.41, 5.74) is 0.499. The smallest absolute Gasteiger partial charge is 0.334 e. The van der Waals surface area contributed by atoms with Crippen molar-refractivity contribution in [3.63, 3.8) is 0 Å². The van der Waals surface area contributed by atoms with Gasteiger partial charge in [0, 0.05) is 5.56 Å². The lowest BCUT2D eigenvalue weighted by Crippen LogP contribution is -2.13. The molecule has 6 heteroatoms. The summed E-state index contributed by atoms with van der Waals surface area (Å²) < 4.78 is 9.41. The maximum Gasteiger partial charge on any atom is 0.334 e. The van der Waals surface area contributed by atoms with E-state index in [1.54, 1.807) is 30.3 Å². The van der Waals surface area contributed by atoms with Crippen molar-refractivity contribution in [1.29, 1.82) is 0 Å². The molecule has 0 atom stereocenters. The summed E-state index contributed by atoms with van der Waals surface area (Å²) in [4.78, 5) is 22.2. The highest BCUT2D eigenvalue weighted by atomic mass is 16.6. The quantitative estimate of drug-likeness (QED) is 0.336. The first kappa shape index (κ1) is 15.7. The fourth-order valence-electron chi connectivity index (χ4n) is 1.31. The van der Waals surface area contributed by atoms with Crippen LogP contribution in [0.25, 0.3) is 5.76 Å². The minimum Gasteiger partial charge on any atom is -0.507 e. The highest BCUT2D eigenvalue weighted by Crippen LogP contribution is 2.10. The highest BCUT2D eigenvalue weighted by molar-refractivity contribution is 5.89. The van der Waals surface area contributed by atoms with E-state index >= 15 is 0 Å². The molecule has 0 aliphatic carbocycles. The molecular weight excluding hydrogens is 264 g/mol. The predicted molar refractivity (Wildman–Crippen MR) is 70.7 cm³/mol. The van der Waals surface area contributed by atoms with E-state index in [4.69, 9.17) is 9.84 Å². The molecule has 0 saturated carbocycles. The monoisotopic (exact) mass is 280 g/mol. The van der Waals surface area contributed by atoms with E-state index in [0.29, 0.717) is 5.56 Å². The van der Waals surface area contributed by atoms with Crippen LogP contribution in [-0.4, -0.2) is 42.0 Å². The summed E-state index contributed by atoms with van der Waals surface area (Å²) >= 11 is 0. The first-order valence-corrected chi connectivity index (χ1v) is 6.03. The van der Waals surface area contributed by atoms with Crippen molar-refractivity contribution in [1.82, 2.24) is 0 Å². The summed E-state index contributed by atoms with van der Waals surface area (Å²) in [6.45, 7) is -0.495. The van der Waals surface area contributed by atoms with Crippen LogP contribution in [-0.2, 0) is 19.1 Å². The van der Waals surface area contributed by atoms with Crippen LogP contribution < -0.4 is 0 Å². The highest BCUT2D eigenvalue weighted by Gasteiger charge is 2.05. The molecule has 2 N–H and O–H groups in total. The zero-order valence-corrected chi connectivity index (χ0v) is 10.8. The standard InChI is InChI=1S/C14H16O6/c15-7-6-13(17)19-8-9-20-14(18)10-12(16)11-4-2-1-3-5-11/h1-5,10,15-16H,6-9H2/b12-10-. The van der Waals surface area contributed by atoms with Gasteiger partial charge in [-0.2, -0.15) is 0 Å². The molecule has 0 aliphatic heterocycles. The van der Waals surface area contributed by atoms with Crippen LogP contribution in [0.5, 0.6) is 0 Å². The third-order valence-corrected chi connectivity index (χ3v) is 2.23. The first-order chi connectivity index (χ1) is 9.63. The Bertz CT molecular complexity index is 466. The van der Waals surface area contributed by atoms with Crippen molar-refractivity contribution in [3.8, 4) is 0 Å². The lowest BCUT2D eigenvalue weighted by molar-refractivity contribution is -0.150. The third-order valence-electron chi connectivity index (χ3n) is 2.23. The number of carbonyl (C=O) groups is 2. The summed E-state index contributed by atoms with van der Waals surface area (Å²) in [6.07, 6.45) is 0.855. The van der Waals surface area contributed by atoms with Crippen LogP contribution in [0.1, 0.15) is 12.0 Å². The number of esters is 2. The molecule has 6 nitrogen and oxygen atoms in total. The number of rotatable bonds is 7. The van der Waals surface area contributed by atoms with Gasteiger partial charge in [0.2, 0.25) is 0 Å². The van der Waals surface area contributed by atoms with Gasteiger partial charge in [-0.3, -0.25) is 4.79 Å². The van der Waals surface area contributed by atoms with Gasteiger partial charge in [0.05, 0.1) is 19.1 Å². The van der Waals surface area contributed by atoms with E-state index in [1.807, 2.05) is 0 Å². The number of carbonyl (C=O) groups excluding carboxylic acids is 2. The van der Waals surface area contributed by atoms with Gasteiger partial charge in [0.1, 0.15) is 19.0 Å². The number of aliphatic hydroxyl groups excluding tert-OH is 2. The molecule has 1 aromatic rings. The van der Waals surface area contributed by atoms with Gasteiger partial charge in [-0.1, -0.05) is 30.3 Å². The van der Waals surface area contributed by atoms with Crippen molar-refractivity contribution in [2.45, 2.75) is 6.42 Å².